The summed E-state index contributed by atoms with van der Waals surface area (Å²) in [6.07, 6.45) is 1.81. The molecule has 2 aromatic rings. The Bertz CT molecular complexity index is 510. The summed E-state index contributed by atoms with van der Waals surface area (Å²) in [4.78, 5) is 9.01. The number of alkyl halides is 1. The van der Waals surface area contributed by atoms with E-state index in [-0.39, 0.29) is 0 Å². The number of hydrogen-bond donors (Lipinski definition) is 0. The number of hydrogen-bond acceptors (Lipinski definition) is 3. The van der Waals surface area contributed by atoms with Crippen LogP contribution in [0.25, 0.3) is 11.2 Å². The molecule has 0 aromatic carbocycles. The number of ether oxygens (including phenoxy) is 1. The number of aryl methyl sites for hydroxylation is 2. The van der Waals surface area contributed by atoms with Crippen molar-refractivity contribution >= 4 is 22.8 Å². The smallest absolute Gasteiger partial charge is 0.215 e. The maximum atomic E-state index is 5.80. The Balaban J connectivity index is 2.55. The molecular weight excluding hydrogens is 238 g/mol. The molecule has 0 aliphatic heterocycles. The molecule has 0 saturated heterocycles. The molecular formula is C12H16ClN3O. The summed E-state index contributed by atoms with van der Waals surface area (Å²) >= 11 is 5.80. The number of halogens is 1. The van der Waals surface area contributed by atoms with Crippen LogP contribution >= 0.6 is 11.6 Å². The molecule has 0 aliphatic rings. The highest BCUT2D eigenvalue weighted by Gasteiger charge is 2.11. The van der Waals surface area contributed by atoms with Crippen molar-refractivity contribution in [2.75, 3.05) is 13.0 Å². The molecule has 2 rings (SSSR count). The predicted octanol–water partition coefficient (Wildman–Crippen LogP) is 2.63. The number of imidazole rings is 1. The maximum Gasteiger partial charge on any atom is 0.215 e. The fourth-order valence-corrected chi connectivity index (χ4v) is 2.05. The first-order valence-corrected chi connectivity index (χ1v) is 6.29. The molecule has 0 unspecified atom stereocenters. The molecule has 5 heteroatoms. The van der Waals surface area contributed by atoms with Gasteiger partial charge < -0.3 is 9.30 Å². The number of fused-ring (bicyclic) bond motifs is 1. The van der Waals surface area contributed by atoms with E-state index in [9.17, 15) is 0 Å². The van der Waals surface area contributed by atoms with Crippen molar-refractivity contribution in [3.63, 3.8) is 0 Å². The fourth-order valence-electron chi connectivity index (χ4n) is 1.88. The van der Waals surface area contributed by atoms with Gasteiger partial charge in [0.2, 0.25) is 5.88 Å². The number of rotatable bonds is 5. The van der Waals surface area contributed by atoms with E-state index >= 15 is 0 Å². The first-order chi connectivity index (χ1) is 8.30. The van der Waals surface area contributed by atoms with Crippen LogP contribution in [0.3, 0.4) is 0 Å². The van der Waals surface area contributed by atoms with Crippen molar-refractivity contribution in [3.8, 4) is 5.88 Å². The Labute approximate surface area is 106 Å². The monoisotopic (exact) mass is 253 g/mol. The lowest BCUT2D eigenvalue weighted by atomic mass is 10.4. The summed E-state index contributed by atoms with van der Waals surface area (Å²) < 4.78 is 7.27. The Morgan fingerprint density at radius 1 is 1.35 bits per heavy atom. The van der Waals surface area contributed by atoms with Crippen LogP contribution in [0, 0.1) is 0 Å². The highest BCUT2D eigenvalue weighted by Crippen LogP contribution is 2.19. The molecule has 17 heavy (non-hydrogen) atoms. The zero-order valence-corrected chi connectivity index (χ0v) is 10.9. The zero-order chi connectivity index (χ0) is 12.3. The molecule has 0 spiro atoms. The summed E-state index contributed by atoms with van der Waals surface area (Å²) in [5, 5.41) is 0. The second kappa shape index (κ2) is 5.36. The van der Waals surface area contributed by atoms with Crippen LogP contribution in [0.15, 0.2) is 12.1 Å². The van der Waals surface area contributed by atoms with E-state index in [4.69, 9.17) is 16.3 Å². The number of aromatic nitrogens is 3. The second-order valence-corrected chi connectivity index (χ2v) is 4.19. The molecule has 0 bridgehead atoms. The largest absolute Gasteiger partial charge is 0.481 e. The van der Waals surface area contributed by atoms with Crippen molar-refractivity contribution in [3.05, 3.63) is 18.0 Å². The Morgan fingerprint density at radius 2 is 2.18 bits per heavy atom. The van der Waals surface area contributed by atoms with Gasteiger partial charge in [-0.05, 0) is 12.5 Å². The van der Waals surface area contributed by atoms with E-state index in [2.05, 4.69) is 21.5 Å². The normalized spacial score (nSPS) is 11.0. The average molecular weight is 254 g/mol. The molecule has 0 atom stereocenters. The van der Waals surface area contributed by atoms with Crippen molar-refractivity contribution in [2.45, 2.75) is 26.3 Å². The van der Waals surface area contributed by atoms with Crippen molar-refractivity contribution in [1.29, 1.82) is 0 Å². The van der Waals surface area contributed by atoms with E-state index in [0.717, 1.165) is 36.4 Å². The van der Waals surface area contributed by atoms with Crippen LogP contribution in [0.5, 0.6) is 5.88 Å². The van der Waals surface area contributed by atoms with Gasteiger partial charge in [-0.2, -0.15) is 4.98 Å². The molecule has 0 N–H and O–H groups in total. The third-order valence-electron chi connectivity index (χ3n) is 2.62. The van der Waals surface area contributed by atoms with Crippen LogP contribution in [0.1, 0.15) is 19.2 Å². The minimum atomic E-state index is 0.574. The van der Waals surface area contributed by atoms with Gasteiger partial charge in [-0.1, -0.05) is 6.92 Å². The number of methoxy groups -OCH3 is 1. The van der Waals surface area contributed by atoms with E-state index < -0.39 is 0 Å². The first-order valence-electron chi connectivity index (χ1n) is 5.76. The highest BCUT2D eigenvalue weighted by molar-refractivity contribution is 6.17. The summed E-state index contributed by atoms with van der Waals surface area (Å²) in [5.41, 5.74) is 1.78. The maximum absolute atomic E-state index is 5.80. The van der Waals surface area contributed by atoms with Gasteiger partial charge in [-0.3, -0.25) is 0 Å². The van der Waals surface area contributed by atoms with Gasteiger partial charge in [0, 0.05) is 24.9 Å². The lowest BCUT2D eigenvalue weighted by molar-refractivity contribution is 0.399. The van der Waals surface area contributed by atoms with Gasteiger partial charge in [0.05, 0.1) is 7.11 Å². The number of pyridine rings is 1. The van der Waals surface area contributed by atoms with Gasteiger partial charge in [0.15, 0.2) is 5.65 Å². The third-order valence-corrected chi connectivity index (χ3v) is 2.81. The lowest BCUT2D eigenvalue weighted by Gasteiger charge is -2.06. The van der Waals surface area contributed by atoms with Crippen molar-refractivity contribution < 1.29 is 4.74 Å². The molecule has 0 aliphatic carbocycles. The minimum absolute atomic E-state index is 0.574. The van der Waals surface area contributed by atoms with E-state index in [1.54, 1.807) is 7.11 Å². The van der Waals surface area contributed by atoms with Crippen LogP contribution in [-0.2, 0) is 13.0 Å². The van der Waals surface area contributed by atoms with Crippen LogP contribution in [-0.4, -0.2) is 27.5 Å². The molecule has 2 heterocycles. The molecule has 0 fully saturated rings. The minimum Gasteiger partial charge on any atom is -0.481 e. The van der Waals surface area contributed by atoms with Crippen molar-refractivity contribution in [1.82, 2.24) is 14.5 Å². The Kier molecular flexibility index (Phi) is 3.84. The Morgan fingerprint density at radius 3 is 2.82 bits per heavy atom. The van der Waals surface area contributed by atoms with Crippen LogP contribution < -0.4 is 4.74 Å². The first kappa shape index (κ1) is 12.2. The van der Waals surface area contributed by atoms with Gasteiger partial charge in [0.25, 0.3) is 0 Å². The third kappa shape index (κ3) is 2.36. The Hall–Kier alpha value is -1.29. The quantitative estimate of drug-likeness (QED) is 0.769. The summed E-state index contributed by atoms with van der Waals surface area (Å²) in [7, 11) is 1.62. The van der Waals surface area contributed by atoms with Gasteiger partial charge in [-0.25, -0.2) is 4.98 Å². The average Bonchev–Trinajstić information content (AvgIpc) is 2.68. The standard InChI is InChI=1S/C12H16ClN3O/c1-3-8-16-10(6-7-13)14-9-4-5-11(17-2)15-12(9)16/h4-5H,3,6-8H2,1-2H3. The molecule has 0 radical (unpaired) electrons. The SMILES string of the molecule is CCCn1c(CCCl)nc2ccc(OC)nc21. The molecule has 4 nitrogen and oxygen atoms in total. The van der Waals surface area contributed by atoms with E-state index in [1.807, 2.05) is 12.1 Å². The molecule has 2 aromatic heterocycles. The van der Waals surface area contributed by atoms with Gasteiger partial charge in [-0.15, -0.1) is 11.6 Å². The lowest BCUT2D eigenvalue weighted by Crippen LogP contribution is -2.05. The topological polar surface area (TPSA) is 39.9 Å². The summed E-state index contributed by atoms with van der Waals surface area (Å²) in [6.45, 7) is 3.04. The van der Waals surface area contributed by atoms with Gasteiger partial charge >= 0.3 is 0 Å². The molecule has 92 valence electrons. The molecule has 0 amide bonds. The van der Waals surface area contributed by atoms with E-state index in [0.29, 0.717) is 11.8 Å². The number of nitrogens with zero attached hydrogens (tertiary/aromatic N) is 3. The van der Waals surface area contributed by atoms with Gasteiger partial charge in [0.1, 0.15) is 11.3 Å². The predicted molar refractivity (Wildman–Crippen MR) is 68.8 cm³/mol. The fraction of sp³-hybridized carbons (Fsp3) is 0.500. The molecule has 0 saturated carbocycles. The zero-order valence-electron chi connectivity index (χ0n) is 10.1. The summed E-state index contributed by atoms with van der Waals surface area (Å²) in [6, 6.07) is 3.77. The van der Waals surface area contributed by atoms with Crippen LogP contribution in [0.4, 0.5) is 0 Å². The summed E-state index contributed by atoms with van der Waals surface area (Å²) in [5.74, 6) is 2.19. The van der Waals surface area contributed by atoms with Crippen molar-refractivity contribution in [2.24, 2.45) is 0 Å². The highest BCUT2D eigenvalue weighted by atomic mass is 35.5. The van der Waals surface area contributed by atoms with E-state index in [1.165, 1.54) is 0 Å². The second-order valence-electron chi connectivity index (χ2n) is 3.81. The van der Waals surface area contributed by atoms with Crippen LogP contribution in [0.2, 0.25) is 0 Å².